The molecule has 4 aliphatic carbocycles. The molecule has 7 atom stereocenters. The summed E-state index contributed by atoms with van der Waals surface area (Å²) in [5.74, 6) is 2.13. The standard InChI is InChI=1S/C24H36O3/c1-15-24(27-21(2,3)26-15)13-10-20-18-7-6-16-14-17(25)8-11-22(16,4)19(18)9-12-23(20,24)5/h14-15,18-20H,6-13H2,1-5H3/t15?,18?,19?,20?,22-,23-,24+/m0/s1. The maximum absolute atomic E-state index is 12.0. The molecule has 3 saturated carbocycles. The Balaban J connectivity index is 1.49. The van der Waals surface area contributed by atoms with Crippen molar-refractivity contribution in [2.24, 2.45) is 28.6 Å². The molecule has 4 fully saturated rings. The first-order valence-corrected chi connectivity index (χ1v) is 11.2. The van der Waals surface area contributed by atoms with Crippen molar-refractivity contribution in [2.75, 3.05) is 0 Å². The third kappa shape index (κ3) is 2.25. The Morgan fingerprint density at radius 3 is 2.41 bits per heavy atom. The second-order valence-corrected chi connectivity index (χ2v) is 11.1. The summed E-state index contributed by atoms with van der Waals surface area (Å²) in [7, 11) is 0. The number of hydrogen-bond donors (Lipinski definition) is 0. The lowest BCUT2D eigenvalue weighted by Crippen LogP contribution is -2.57. The molecule has 0 aromatic carbocycles. The Morgan fingerprint density at radius 2 is 1.70 bits per heavy atom. The van der Waals surface area contributed by atoms with Gasteiger partial charge in [-0.15, -0.1) is 0 Å². The van der Waals surface area contributed by atoms with Crippen LogP contribution in [0.2, 0.25) is 0 Å². The van der Waals surface area contributed by atoms with Gasteiger partial charge in [-0.1, -0.05) is 19.4 Å². The molecule has 0 aromatic rings. The van der Waals surface area contributed by atoms with Crippen LogP contribution in [-0.4, -0.2) is 23.3 Å². The highest BCUT2D eigenvalue weighted by molar-refractivity contribution is 5.91. The summed E-state index contributed by atoms with van der Waals surface area (Å²) in [6, 6.07) is 0. The Kier molecular flexibility index (Phi) is 3.72. The first-order valence-electron chi connectivity index (χ1n) is 11.2. The van der Waals surface area contributed by atoms with Gasteiger partial charge in [0.15, 0.2) is 11.6 Å². The molecule has 1 heterocycles. The van der Waals surface area contributed by atoms with Crippen molar-refractivity contribution in [3.8, 4) is 0 Å². The van der Waals surface area contributed by atoms with Crippen LogP contribution in [0.1, 0.15) is 86.0 Å². The quantitative estimate of drug-likeness (QED) is 0.569. The highest BCUT2D eigenvalue weighted by atomic mass is 16.8. The number of hydrogen-bond acceptors (Lipinski definition) is 3. The van der Waals surface area contributed by atoms with Crippen LogP contribution < -0.4 is 0 Å². The topological polar surface area (TPSA) is 35.5 Å². The Morgan fingerprint density at radius 1 is 0.963 bits per heavy atom. The smallest absolute Gasteiger partial charge is 0.164 e. The van der Waals surface area contributed by atoms with Crippen LogP contribution in [0.15, 0.2) is 11.6 Å². The number of allylic oxidation sites excluding steroid dienone is 1. The molecular formula is C24H36O3. The fourth-order valence-electron chi connectivity index (χ4n) is 8.49. The summed E-state index contributed by atoms with van der Waals surface area (Å²) in [4.78, 5) is 12.0. The largest absolute Gasteiger partial charge is 0.345 e. The average molecular weight is 373 g/mol. The van der Waals surface area contributed by atoms with E-state index < -0.39 is 5.79 Å². The van der Waals surface area contributed by atoms with E-state index >= 15 is 0 Å². The summed E-state index contributed by atoms with van der Waals surface area (Å²) >= 11 is 0. The number of ketones is 1. The number of fused-ring (bicyclic) bond motifs is 6. The van der Waals surface area contributed by atoms with Crippen molar-refractivity contribution < 1.29 is 14.3 Å². The molecule has 0 aromatic heterocycles. The van der Waals surface area contributed by atoms with Crippen molar-refractivity contribution >= 4 is 5.78 Å². The minimum Gasteiger partial charge on any atom is -0.345 e. The summed E-state index contributed by atoms with van der Waals surface area (Å²) in [5, 5.41) is 0. The third-order valence-corrected chi connectivity index (χ3v) is 9.69. The van der Waals surface area contributed by atoms with Crippen molar-refractivity contribution in [3.05, 3.63) is 11.6 Å². The number of carbonyl (C=O) groups is 1. The van der Waals surface area contributed by atoms with Crippen LogP contribution in [0.5, 0.6) is 0 Å². The molecule has 1 spiro atoms. The van der Waals surface area contributed by atoms with E-state index in [1.54, 1.807) is 0 Å². The summed E-state index contributed by atoms with van der Waals surface area (Å²) in [6.07, 6.45) is 11.3. The van der Waals surface area contributed by atoms with Gasteiger partial charge >= 0.3 is 0 Å². The van der Waals surface area contributed by atoms with Crippen LogP contribution >= 0.6 is 0 Å². The zero-order chi connectivity index (χ0) is 19.2. The molecule has 5 rings (SSSR count). The molecule has 27 heavy (non-hydrogen) atoms. The fraction of sp³-hybridized carbons (Fsp3) is 0.875. The first-order chi connectivity index (χ1) is 12.6. The van der Waals surface area contributed by atoms with Crippen LogP contribution in [0.4, 0.5) is 0 Å². The molecule has 4 unspecified atom stereocenters. The predicted octanol–water partition coefficient (Wildman–Crippen LogP) is 5.43. The van der Waals surface area contributed by atoms with Crippen LogP contribution in [-0.2, 0) is 14.3 Å². The Bertz CT molecular complexity index is 708. The monoisotopic (exact) mass is 372 g/mol. The van der Waals surface area contributed by atoms with Crippen molar-refractivity contribution in [1.82, 2.24) is 0 Å². The lowest BCUT2D eigenvalue weighted by molar-refractivity contribution is -0.198. The van der Waals surface area contributed by atoms with E-state index in [0.29, 0.717) is 5.78 Å². The highest BCUT2D eigenvalue weighted by Gasteiger charge is 2.70. The van der Waals surface area contributed by atoms with Gasteiger partial charge in [-0.05, 0) is 95.0 Å². The zero-order valence-corrected chi connectivity index (χ0v) is 17.8. The van der Waals surface area contributed by atoms with E-state index in [-0.39, 0.29) is 22.5 Å². The normalized spacial score (nSPS) is 53.7. The number of ether oxygens (including phenoxy) is 2. The molecule has 0 radical (unpaired) electrons. The van der Waals surface area contributed by atoms with Crippen molar-refractivity contribution in [1.29, 1.82) is 0 Å². The van der Waals surface area contributed by atoms with Gasteiger partial charge in [-0.3, -0.25) is 4.79 Å². The van der Waals surface area contributed by atoms with E-state index in [2.05, 4.69) is 34.6 Å². The molecule has 5 aliphatic rings. The second kappa shape index (κ2) is 5.48. The van der Waals surface area contributed by atoms with E-state index in [9.17, 15) is 4.79 Å². The van der Waals surface area contributed by atoms with Crippen LogP contribution in [0, 0.1) is 28.6 Å². The average Bonchev–Trinajstić information content (AvgIpc) is 3.01. The SMILES string of the molecule is CC1OC(C)(C)O[C@]12CCC1C3CCC4=CC(=O)CC[C@]4(C)C3CC[C@@]12C. The summed E-state index contributed by atoms with van der Waals surface area (Å²) < 4.78 is 13.0. The van der Waals surface area contributed by atoms with Gasteiger partial charge in [0.25, 0.3) is 0 Å². The molecule has 0 bridgehead atoms. The lowest BCUT2D eigenvalue weighted by atomic mass is 9.46. The van der Waals surface area contributed by atoms with Crippen molar-refractivity contribution in [3.63, 3.8) is 0 Å². The second-order valence-electron chi connectivity index (χ2n) is 11.1. The lowest BCUT2D eigenvalue weighted by Gasteiger charge is -2.59. The molecular weight excluding hydrogens is 336 g/mol. The maximum atomic E-state index is 12.0. The van der Waals surface area contributed by atoms with Crippen molar-refractivity contribution in [2.45, 2.75) is 103 Å². The molecule has 1 aliphatic heterocycles. The molecule has 150 valence electrons. The minimum atomic E-state index is -0.466. The van der Waals surface area contributed by atoms with Gasteiger partial charge in [-0.25, -0.2) is 0 Å². The third-order valence-electron chi connectivity index (χ3n) is 9.69. The van der Waals surface area contributed by atoms with Gasteiger partial charge in [0.2, 0.25) is 0 Å². The highest BCUT2D eigenvalue weighted by Crippen LogP contribution is 2.70. The molecule has 1 saturated heterocycles. The van der Waals surface area contributed by atoms with E-state index in [0.717, 1.165) is 43.4 Å². The summed E-state index contributed by atoms with van der Waals surface area (Å²) in [5.41, 5.74) is 1.81. The number of carbonyl (C=O) groups excluding carboxylic acids is 1. The van der Waals surface area contributed by atoms with Gasteiger partial charge < -0.3 is 9.47 Å². The van der Waals surface area contributed by atoms with E-state index in [1.165, 1.54) is 31.3 Å². The van der Waals surface area contributed by atoms with Gasteiger partial charge in [-0.2, -0.15) is 0 Å². The van der Waals surface area contributed by atoms with Gasteiger partial charge in [0, 0.05) is 11.8 Å². The van der Waals surface area contributed by atoms with E-state index in [4.69, 9.17) is 9.47 Å². The molecule has 0 amide bonds. The molecule has 3 heteroatoms. The summed E-state index contributed by atoms with van der Waals surface area (Å²) in [6.45, 7) is 11.4. The van der Waals surface area contributed by atoms with Crippen LogP contribution in [0.3, 0.4) is 0 Å². The van der Waals surface area contributed by atoms with Gasteiger partial charge in [0.05, 0.1) is 6.10 Å². The van der Waals surface area contributed by atoms with E-state index in [1.807, 2.05) is 6.08 Å². The number of rotatable bonds is 0. The molecule has 3 nitrogen and oxygen atoms in total. The zero-order valence-electron chi connectivity index (χ0n) is 17.8. The minimum absolute atomic E-state index is 0.119. The van der Waals surface area contributed by atoms with Crippen LogP contribution in [0.25, 0.3) is 0 Å². The van der Waals surface area contributed by atoms with Gasteiger partial charge in [0.1, 0.15) is 5.60 Å². The Labute approximate surface area is 164 Å². The maximum Gasteiger partial charge on any atom is 0.164 e. The predicted molar refractivity (Wildman–Crippen MR) is 105 cm³/mol. The molecule has 0 N–H and O–H groups in total. The first kappa shape index (κ1) is 18.4. The Hall–Kier alpha value is -0.670. The fourth-order valence-corrected chi connectivity index (χ4v) is 8.49.